The van der Waals surface area contributed by atoms with Crippen molar-refractivity contribution in [3.05, 3.63) is 77.6 Å². The van der Waals surface area contributed by atoms with Gasteiger partial charge in [-0.05, 0) is 97.9 Å². The molecular formula is C33H39F3O3. The lowest BCUT2D eigenvalue weighted by molar-refractivity contribution is 0.192. The monoisotopic (exact) mass is 540 g/mol. The Balaban J connectivity index is 1.28. The molecule has 3 aromatic rings. The highest BCUT2D eigenvalue weighted by atomic mass is 19.2. The van der Waals surface area contributed by atoms with Crippen LogP contribution in [0.1, 0.15) is 76.7 Å². The van der Waals surface area contributed by atoms with Gasteiger partial charge in [-0.3, -0.25) is 0 Å². The number of halogens is 3. The van der Waals surface area contributed by atoms with E-state index in [9.17, 15) is 13.2 Å². The van der Waals surface area contributed by atoms with Crippen LogP contribution < -0.4 is 14.2 Å². The molecule has 1 fully saturated rings. The van der Waals surface area contributed by atoms with Gasteiger partial charge < -0.3 is 14.2 Å². The van der Waals surface area contributed by atoms with Crippen molar-refractivity contribution >= 4 is 0 Å². The van der Waals surface area contributed by atoms with Crippen molar-refractivity contribution in [2.24, 2.45) is 5.92 Å². The molecular weight excluding hydrogens is 501 g/mol. The highest BCUT2D eigenvalue weighted by Crippen LogP contribution is 2.38. The Morgan fingerprint density at radius 2 is 1.36 bits per heavy atom. The third-order valence-corrected chi connectivity index (χ3v) is 7.48. The molecule has 0 unspecified atom stereocenters. The third kappa shape index (κ3) is 7.71. The minimum absolute atomic E-state index is 0.0707. The first-order valence-electron chi connectivity index (χ1n) is 14.3. The van der Waals surface area contributed by atoms with Crippen LogP contribution in [0, 0.1) is 23.4 Å². The normalized spacial score (nSPS) is 17.2. The number of hydrogen-bond donors (Lipinski definition) is 0. The first kappa shape index (κ1) is 28.8. The molecule has 3 aromatic carbocycles. The molecule has 6 heteroatoms. The molecule has 0 aromatic heterocycles. The van der Waals surface area contributed by atoms with E-state index >= 15 is 0 Å². The summed E-state index contributed by atoms with van der Waals surface area (Å²) in [7, 11) is 0. The first-order chi connectivity index (χ1) is 19.0. The highest BCUT2D eigenvalue weighted by Gasteiger charge is 2.25. The molecule has 0 heterocycles. The maximum atomic E-state index is 14.9. The number of rotatable bonds is 13. The second-order valence-corrected chi connectivity index (χ2v) is 10.4. The van der Waals surface area contributed by atoms with Crippen LogP contribution in [0.25, 0.3) is 11.1 Å². The van der Waals surface area contributed by atoms with E-state index in [-0.39, 0.29) is 29.0 Å². The molecule has 1 saturated carbocycles. The van der Waals surface area contributed by atoms with E-state index in [4.69, 9.17) is 14.2 Å². The van der Waals surface area contributed by atoms with Gasteiger partial charge in [-0.15, -0.1) is 0 Å². The molecule has 0 atom stereocenters. The summed E-state index contributed by atoms with van der Waals surface area (Å²) in [6.45, 7) is 5.64. The van der Waals surface area contributed by atoms with Gasteiger partial charge in [-0.25, -0.2) is 8.78 Å². The van der Waals surface area contributed by atoms with Gasteiger partial charge >= 0.3 is 0 Å². The average Bonchev–Trinajstić information content (AvgIpc) is 2.96. The van der Waals surface area contributed by atoms with Gasteiger partial charge in [0, 0.05) is 5.56 Å². The lowest BCUT2D eigenvalue weighted by Gasteiger charge is -2.29. The molecule has 4 rings (SSSR count). The molecule has 0 N–H and O–H groups in total. The van der Waals surface area contributed by atoms with Gasteiger partial charge in [0.15, 0.2) is 23.1 Å². The molecule has 0 radical (unpaired) electrons. The zero-order valence-electron chi connectivity index (χ0n) is 23.0. The molecule has 1 aliphatic carbocycles. The van der Waals surface area contributed by atoms with Crippen molar-refractivity contribution in [1.82, 2.24) is 0 Å². The van der Waals surface area contributed by atoms with Crippen molar-refractivity contribution < 1.29 is 27.4 Å². The predicted molar refractivity (Wildman–Crippen MR) is 149 cm³/mol. The second kappa shape index (κ2) is 14.3. The van der Waals surface area contributed by atoms with E-state index in [1.807, 2.05) is 6.07 Å². The smallest absolute Gasteiger partial charge is 0.201 e. The summed E-state index contributed by atoms with van der Waals surface area (Å²) in [4.78, 5) is 0. The van der Waals surface area contributed by atoms with Crippen LogP contribution in [0.2, 0.25) is 0 Å². The highest BCUT2D eigenvalue weighted by molar-refractivity contribution is 5.66. The Kier molecular flexibility index (Phi) is 10.6. The third-order valence-electron chi connectivity index (χ3n) is 7.48. The van der Waals surface area contributed by atoms with Gasteiger partial charge in [0.05, 0.1) is 19.8 Å². The number of ether oxygens (including phenoxy) is 3. The number of benzene rings is 3. The minimum Gasteiger partial charge on any atom is -0.494 e. The van der Waals surface area contributed by atoms with Crippen LogP contribution in [-0.2, 0) is 0 Å². The van der Waals surface area contributed by atoms with Gasteiger partial charge in [0.1, 0.15) is 5.75 Å². The first-order valence-corrected chi connectivity index (χ1v) is 14.3. The van der Waals surface area contributed by atoms with E-state index in [0.29, 0.717) is 36.9 Å². The van der Waals surface area contributed by atoms with Crippen LogP contribution >= 0.6 is 0 Å². The molecule has 210 valence electrons. The molecule has 0 spiro atoms. The second-order valence-electron chi connectivity index (χ2n) is 10.4. The van der Waals surface area contributed by atoms with Crippen molar-refractivity contribution in [3.8, 4) is 28.4 Å². The fourth-order valence-corrected chi connectivity index (χ4v) is 5.02. The van der Waals surface area contributed by atoms with Crippen LogP contribution in [0.4, 0.5) is 13.2 Å². The van der Waals surface area contributed by atoms with Crippen LogP contribution in [-0.4, -0.2) is 19.8 Å². The van der Waals surface area contributed by atoms with Crippen molar-refractivity contribution in [2.45, 2.75) is 71.1 Å². The Morgan fingerprint density at radius 1 is 0.692 bits per heavy atom. The summed E-state index contributed by atoms with van der Waals surface area (Å²) < 4.78 is 61.2. The molecule has 0 bridgehead atoms. The summed E-state index contributed by atoms with van der Waals surface area (Å²) in [5.41, 5.74) is 1.75. The maximum absolute atomic E-state index is 14.9. The summed E-state index contributed by atoms with van der Waals surface area (Å²) >= 11 is 0. The Morgan fingerprint density at radius 3 is 2.03 bits per heavy atom. The van der Waals surface area contributed by atoms with Crippen molar-refractivity contribution in [3.63, 3.8) is 0 Å². The molecule has 39 heavy (non-hydrogen) atoms. The molecule has 1 aliphatic rings. The quantitative estimate of drug-likeness (QED) is 0.202. The van der Waals surface area contributed by atoms with E-state index in [0.717, 1.165) is 56.9 Å². The SMILES string of the molecule is CCCCOc1ccc(-c2ccc(OCC3CCC(c4ccc(OCCCC)c(F)c4)CC3)c(F)c2F)cc1. The molecule has 3 nitrogen and oxygen atoms in total. The van der Waals surface area contributed by atoms with E-state index < -0.39 is 11.6 Å². The molecule has 0 amide bonds. The number of unbranched alkanes of at least 4 members (excludes halogenated alkanes) is 2. The zero-order chi connectivity index (χ0) is 27.6. The van der Waals surface area contributed by atoms with Crippen LogP contribution in [0.15, 0.2) is 54.6 Å². The van der Waals surface area contributed by atoms with Crippen LogP contribution in [0.3, 0.4) is 0 Å². The van der Waals surface area contributed by atoms with Crippen molar-refractivity contribution in [1.29, 1.82) is 0 Å². The van der Waals surface area contributed by atoms with Gasteiger partial charge in [0.2, 0.25) is 5.82 Å². The van der Waals surface area contributed by atoms with E-state index in [2.05, 4.69) is 13.8 Å². The largest absolute Gasteiger partial charge is 0.494 e. The summed E-state index contributed by atoms with van der Waals surface area (Å²) in [6.07, 6.45) is 7.48. The summed E-state index contributed by atoms with van der Waals surface area (Å²) in [5.74, 6) is -0.738. The minimum atomic E-state index is -0.971. The number of hydrogen-bond acceptors (Lipinski definition) is 3. The summed E-state index contributed by atoms with van der Waals surface area (Å²) in [6, 6.07) is 15.3. The molecule has 0 aliphatic heterocycles. The van der Waals surface area contributed by atoms with Gasteiger partial charge in [-0.1, -0.05) is 44.9 Å². The van der Waals surface area contributed by atoms with Crippen LogP contribution in [0.5, 0.6) is 17.2 Å². The average molecular weight is 541 g/mol. The van der Waals surface area contributed by atoms with Gasteiger partial charge in [-0.2, -0.15) is 4.39 Å². The van der Waals surface area contributed by atoms with Gasteiger partial charge in [0.25, 0.3) is 0 Å². The lowest BCUT2D eigenvalue weighted by Crippen LogP contribution is -2.19. The summed E-state index contributed by atoms with van der Waals surface area (Å²) in [5, 5.41) is 0. The maximum Gasteiger partial charge on any atom is 0.201 e. The topological polar surface area (TPSA) is 27.7 Å². The Bertz CT molecular complexity index is 1190. The van der Waals surface area contributed by atoms with E-state index in [1.54, 1.807) is 42.5 Å². The Hall–Kier alpha value is -3.15. The standard InChI is InChI=1S/C33H39F3O3/c1-3-5-19-37-27-14-11-25(12-15-27)28-16-18-31(33(36)32(28)35)39-22-23-7-9-24(10-8-23)26-13-17-30(29(34)21-26)38-20-6-4-2/h11-18,21,23-24H,3-10,19-20,22H2,1-2H3. The fraction of sp³-hybridized carbons (Fsp3) is 0.455. The van der Waals surface area contributed by atoms with E-state index in [1.165, 1.54) is 6.07 Å². The Labute approximate surface area is 230 Å². The zero-order valence-corrected chi connectivity index (χ0v) is 23.0. The molecule has 0 saturated heterocycles. The van der Waals surface area contributed by atoms with Crippen molar-refractivity contribution in [2.75, 3.05) is 19.8 Å². The fourth-order valence-electron chi connectivity index (χ4n) is 5.02. The lowest BCUT2D eigenvalue weighted by atomic mass is 9.79. The predicted octanol–water partition coefficient (Wildman–Crippen LogP) is 9.48.